The first-order valence-electron chi connectivity index (χ1n) is 5.54. The maximum atomic E-state index is 11.7. The number of anilines is 1. The van der Waals surface area contributed by atoms with E-state index in [2.05, 4.69) is 49.2 Å². The molecule has 94 valence electrons. The van der Waals surface area contributed by atoms with Crippen LogP contribution in [0.3, 0.4) is 0 Å². The fourth-order valence-electron chi connectivity index (χ4n) is 1.30. The monoisotopic (exact) mass is 410 g/mol. The molecular weight excluding hydrogens is 395 g/mol. The summed E-state index contributed by atoms with van der Waals surface area (Å²) >= 11 is 5.69. The molecule has 0 heterocycles. The van der Waals surface area contributed by atoms with Crippen molar-refractivity contribution < 1.29 is 4.79 Å². The van der Waals surface area contributed by atoms with E-state index in [1.54, 1.807) is 0 Å². The average Bonchev–Trinajstić information content (AvgIpc) is 2.30. The Hall–Kier alpha value is -0.300. The highest BCUT2D eigenvalue weighted by Gasteiger charge is 2.11. The van der Waals surface area contributed by atoms with Crippen molar-refractivity contribution in [3.05, 3.63) is 26.2 Å². The number of benzene rings is 1. The molecule has 0 aliphatic heterocycles. The summed E-state index contributed by atoms with van der Waals surface area (Å²) in [7, 11) is 0. The third-order valence-corrected chi connectivity index (χ3v) is 4.57. The topological polar surface area (TPSA) is 41.1 Å². The minimum atomic E-state index is -0.224. The van der Waals surface area contributed by atoms with Crippen molar-refractivity contribution >= 4 is 50.1 Å². The van der Waals surface area contributed by atoms with Gasteiger partial charge in [-0.2, -0.15) is 0 Å². The molecule has 5 heteroatoms. The summed E-state index contributed by atoms with van der Waals surface area (Å²) in [5.74, 6) is 0.0322. The largest absolute Gasteiger partial charge is 0.374 e. The van der Waals surface area contributed by atoms with Crippen LogP contribution < -0.4 is 10.6 Å². The molecule has 0 aromatic heterocycles. The molecule has 1 amide bonds. The number of halogens is 2. The van der Waals surface area contributed by atoms with Crippen LogP contribution >= 0.6 is 38.5 Å². The second-order valence-electron chi connectivity index (χ2n) is 3.79. The summed E-state index contributed by atoms with van der Waals surface area (Å²) in [4.78, 5) is 11.7. The van der Waals surface area contributed by atoms with E-state index in [-0.39, 0.29) is 11.9 Å². The van der Waals surface area contributed by atoms with E-state index >= 15 is 0 Å². The molecule has 2 N–H and O–H groups in total. The molecule has 0 aliphatic rings. The van der Waals surface area contributed by atoms with E-state index in [1.807, 2.05) is 32.0 Å². The molecule has 1 aromatic rings. The molecule has 0 saturated carbocycles. The van der Waals surface area contributed by atoms with E-state index in [4.69, 9.17) is 0 Å². The maximum Gasteiger partial charge on any atom is 0.242 e. The van der Waals surface area contributed by atoms with Crippen molar-refractivity contribution in [1.29, 1.82) is 0 Å². The van der Waals surface area contributed by atoms with Crippen molar-refractivity contribution in [3.8, 4) is 0 Å². The fourth-order valence-corrected chi connectivity index (χ4v) is 2.06. The third kappa shape index (κ3) is 4.83. The first-order valence-corrected chi connectivity index (χ1v) is 7.41. The van der Waals surface area contributed by atoms with Crippen LogP contribution in [-0.2, 0) is 4.79 Å². The van der Waals surface area contributed by atoms with Gasteiger partial charge in [-0.1, -0.05) is 6.92 Å². The van der Waals surface area contributed by atoms with Gasteiger partial charge in [0.15, 0.2) is 0 Å². The van der Waals surface area contributed by atoms with E-state index in [0.29, 0.717) is 0 Å². The van der Waals surface area contributed by atoms with Gasteiger partial charge in [0.2, 0.25) is 5.91 Å². The normalized spacial score (nSPS) is 12.0. The van der Waals surface area contributed by atoms with E-state index in [1.165, 1.54) is 0 Å². The Morgan fingerprint density at radius 3 is 2.82 bits per heavy atom. The van der Waals surface area contributed by atoms with Crippen molar-refractivity contribution in [2.75, 3.05) is 11.9 Å². The molecule has 0 fully saturated rings. The van der Waals surface area contributed by atoms with Gasteiger partial charge in [-0.15, -0.1) is 0 Å². The molecule has 0 aliphatic carbocycles. The summed E-state index contributed by atoms with van der Waals surface area (Å²) in [6.45, 7) is 4.62. The number of amides is 1. The molecular formula is C12H16BrIN2O. The van der Waals surface area contributed by atoms with Crippen LogP contribution in [0.2, 0.25) is 0 Å². The van der Waals surface area contributed by atoms with Crippen LogP contribution in [0.5, 0.6) is 0 Å². The lowest BCUT2D eigenvalue weighted by molar-refractivity contribution is -0.121. The van der Waals surface area contributed by atoms with Crippen molar-refractivity contribution in [3.63, 3.8) is 0 Å². The Bertz CT molecular complexity index is 398. The van der Waals surface area contributed by atoms with E-state index < -0.39 is 0 Å². The minimum absolute atomic E-state index is 0.0322. The molecule has 17 heavy (non-hydrogen) atoms. The molecule has 0 bridgehead atoms. The lowest BCUT2D eigenvalue weighted by Gasteiger charge is -2.15. The highest BCUT2D eigenvalue weighted by atomic mass is 127. The van der Waals surface area contributed by atoms with Crippen LogP contribution in [0.25, 0.3) is 0 Å². The van der Waals surface area contributed by atoms with Gasteiger partial charge < -0.3 is 10.6 Å². The second-order valence-corrected chi connectivity index (χ2v) is 5.80. The van der Waals surface area contributed by atoms with Gasteiger partial charge >= 0.3 is 0 Å². The van der Waals surface area contributed by atoms with Gasteiger partial charge in [-0.05, 0) is 70.1 Å². The van der Waals surface area contributed by atoms with E-state index in [9.17, 15) is 4.79 Å². The Morgan fingerprint density at radius 2 is 2.24 bits per heavy atom. The zero-order chi connectivity index (χ0) is 12.8. The minimum Gasteiger partial charge on any atom is -0.374 e. The lowest BCUT2D eigenvalue weighted by Crippen LogP contribution is -2.37. The second kappa shape index (κ2) is 7.20. The smallest absolute Gasteiger partial charge is 0.242 e. The average molecular weight is 411 g/mol. The predicted octanol–water partition coefficient (Wildman–Crippen LogP) is 3.38. The Balaban J connectivity index is 2.58. The van der Waals surface area contributed by atoms with Crippen molar-refractivity contribution in [2.24, 2.45) is 0 Å². The predicted molar refractivity (Wildman–Crippen MR) is 83.2 cm³/mol. The van der Waals surface area contributed by atoms with Gasteiger partial charge in [-0.3, -0.25) is 4.79 Å². The Morgan fingerprint density at radius 1 is 1.53 bits per heavy atom. The van der Waals surface area contributed by atoms with Crippen LogP contribution in [-0.4, -0.2) is 18.5 Å². The first kappa shape index (κ1) is 14.8. The Kier molecular flexibility index (Phi) is 6.26. The van der Waals surface area contributed by atoms with Crippen LogP contribution in [0, 0.1) is 3.57 Å². The van der Waals surface area contributed by atoms with Gasteiger partial charge in [0.1, 0.15) is 6.04 Å². The van der Waals surface area contributed by atoms with Crippen LogP contribution in [0.4, 0.5) is 5.69 Å². The SMILES string of the molecule is CCCNC(=O)C(C)Nc1ccc(Br)c(I)c1. The summed E-state index contributed by atoms with van der Waals surface area (Å²) in [6, 6.07) is 5.71. The number of carbonyl (C=O) groups is 1. The molecule has 0 radical (unpaired) electrons. The quantitative estimate of drug-likeness (QED) is 0.730. The summed E-state index contributed by atoms with van der Waals surface area (Å²) in [5.41, 5.74) is 0.955. The lowest BCUT2D eigenvalue weighted by atomic mass is 10.2. The van der Waals surface area contributed by atoms with Crippen molar-refractivity contribution in [2.45, 2.75) is 26.3 Å². The Labute approximate surface area is 124 Å². The zero-order valence-corrected chi connectivity index (χ0v) is 13.6. The molecule has 1 atom stereocenters. The summed E-state index contributed by atoms with van der Waals surface area (Å²) < 4.78 is 2.18. The summed E-state index contributed by atoms with van der Waals surface area (Å²) in [5, 5.41) is 6.05. The number of nitrogens with one attached hydrogen (secondary N) is 2. The third-order valence-electron chi connectivity index (χ3n) is 2.25. The molecule has 3 nitrogen and oxygen atoms in total. The number of hydrogen-bond donors (Lipinski definition) is 2. The first-order chi connectivity index (χ1) is 8.04. The van der Waals surface area contributed by atoms with E-state index in [0.717, 1.165) is 26.7 Å². The van der Waals surface area contributed by atoms with Gasteiger partial charge in [0, 0.05) is 20.3 Å². The zero-order valence-electron chi connectivity index (χ0n) is 9.89. The van der Waals surface area contributed by atoms with Gasteiger partial charge in [0.25, 0.3) is 0 Å². The molecule has 1 rings (SSSR count). The summed E-state index contributed by atoms with van der Waals surface area (Å²) in [6.07, 6.45) is 0.953. The molecule has 0 saturated heterocycles. The highest BCUT2D eigenvalue weighted by Crippen LogP contribution is 2.22. The number of hydrogen-bond acceptors (Lipinski definition) is 2. The number of carbonyl (C=O) groups excluding carboxylic acids is 1. The van der Waals surface area contributed by atoms with Crippen LogP contribution in [0.1, 0.15) is 20.3 Å². The van der Waals surface area contributed by atoms with Crippen LogP contribution in [0.15, 0.2) is 22.7 Å². The fraction of sp³-hybridized carbons (Fsp3) is 0.417. The molecule has 1 aromatic carbocycles. The van der Waals surface area contributed by atoms with Gasteiger partial charge in [-0.25, -0.2) is 0 Å². The number of rotatable bonds is 5. The van der Waals surface area contributed by atoms with Gasteiger partial charge in [0.05, 0.1) is 0 Å². The molecule has 0 spiro atoms. The standard InChI is InChI=1S/C12H16BrIN2O/c1-3-6-15-12(17)8(2)16-9-4-5-10(13)11(14)7-9/h4-5,7-8,16H,3,6H2,1-2H3,(H,15,17). The molecule has 1 unspecified atom stereocenters. The highest BCUT2D eigenvalue weighted by molar-refractivity contribution is 14.1. The van der Waals surface area contributed by atoms with Crippen molar-refractivity contribution in [1.82, 2.24) is 5.32 Å². The maximum absolute atomic E-state index is 11.7.